The molecular weight excluding hydrogens is 238 g/mol. The Labute approximate surface area is 103 Å². The van der Waals surface area contributed by atoms with Crippen molar-refractivity contribution in [3.05, 3.63) is 29.6 Å². The van der Waals surface area contributed by atoms with Crippen LogP contribution in [-0.2, 0) is 4.79 Å². The van der Waals surface area contributed by atoms with Crippen LogP contribution in [0.5, 0.6) is 0 Å². The number of nitrogens with one attached hydrogen (secondary N) is 2. The smallest absolute Gasteiger partial charge is 0.338 e. The summed E-state index contributed by atoms with van der Waals surface area (Å²) in [5, 5.41) is 13.9. The first kappa shape index (κ1) is 13.6. The van der Waals surface area contributed by atoms with Gasteiger partial charge in [-0.15, -0.1) is 0 Å². The second-order valence-corrected chi connectivity index (χ2v) is 3.44. The van der Waals surface area contributed by atoms with Gasteiger partial charge in [0.25, 0.3) is 5.91 Å². The molecule has 7 nitrogen and oxygen atoms in total. The summed E-state index contributed by atoms with van der Waals surface area (Å²) in [5.74, 6) is -2.00. The molecule has 7 heteroatoms. The number of carbonyl (C=O) groups excluding carboxylic acids is 2. The first-order chi connectivity index (χ1) is 8.52. The highest BCUT2D eigenvalue weighted by Crippen LogP contribution is 2.04. The number of carboxylic acids is 1. The van der Waals surface area contributed by atoms with Gasteiger partial charge in [-0.3, -0.25) is 14.6 Å². The molecule has 2 amide bonds. The normalized spacial score (nSPS) is 9.61. The van der Waals surface area contributed by atoms with Crippen LogP contribution in [0.1, 0.15) is 27.8 Å². The summed E-state index contributed by atoms with van der Waals surface area (Å²) >= 11 is 0. The molecule has 0 aliphatic carbocycles. The van der Waals surface area contributed by atoms with E-state index in [-0.39, 0.29) is 30.3 Å². The van der Waals surface area contributed by atoms with Crippen LogP contribution < -0.4 is 10.6 Å². The van der Waals surface area contributed by atoms with Crippen molar-refractivity contribution in [1.29, 1.82) is 0 Å². The minimum atomic E-state index is -1.21. The van der Waals surface area contributed by atoms with Gasteiger partial charge in [0.2, 0.25) is 5.91 Å². The Morgan fingerprint density at radius 3 is 2.56 bits per heavy atom. The highest BCUT2D eigenvalue weighted by atomic mass is 16.4. The molecule has 0 atom stereocenters. The lowest BCUT2D eigenvalue weighted by atomic mass is 10.2. The number of amides is 2. The number of aromatic nitrogens is 1. The van der Waals surface area contributed by atoms with Crippen molar-refractivity contribution in [3.8, 4) is 0 Å². The van der Waals surface area contributed by atoms with Crippen molar-refractivity contribution >= 4 is 17.8 Å². The van der Waals surface area contributed by atoms with Crippen molar-refractivity contribution in [3.63, 3.8) is 0 Å². The van der Waals surface area contributed by atoms with Gasteiger partial charge in [0, 0.05) is 26.2 Å². The molecule has 3 N–H and O–H groups in total. The second kappa shape index (κ2) is 6.33. The Hall–Kier alpha value is -2.44. The summed E-state index contributed by atoms with van der Waals surface area (Å²) in [6.45, 7) is 1.84. The van der Waals surface area contributed by atoms with E-state index in [0.717, 1.165) is 0 Å². The maximum atomic E-state index is 11.7. The molecular formula is C11H13N3O4. The molecule has 0 saturated heterocycles. The topological polar surface area (TPSA) is 108 Å². The number of carboxylic acid groups (broad SMARTS) is 1. The van der Waals surface area contributed by atoms with Crippen LogP contribution in [0.4, 0.5) is 0 Å². The Bertz CT molecular complexity index is 473. The SMILES string of the molecule is CC(=O)NCCNC(=O)c1ncccc1C(=O)O. The van der Waals surface area contributed by atoms with Gasteiger partial charge in [-0.1, -0.05) is 0 Å². The maximum absolute atomic E-state index is 11.7. The first-order valence-electron chi connectivity index (χ1n) is 5.23. The van der Waals surface area contributed by atoms with Gasteiger partial charge in [0.05, 0.1) is 5.56 Å². The number of carbonyl (C=O) groups is 3. The Morgan fingerprint density at radius 2 is 1.94 bits per heavy atom. The molecule has 0 bridgehead atoms. The average Bonchev–Trinajstić information content (AvgIpc) is 2.34. The molecule has 1 rings (SSSR count). The molecule has 0 spiro atoms. The van der Waals surface area contributed by atoms with Gasteiger partial charge in [0.1, 0.15) is 5.69 Å². The van der Waals surface area contributed by atoms with Gasteiger partial charge in [0.15, 0.2) is 0 Å². The minimum Gasteiger partial charge on any atom is -0.478 e. The number of pyridine rings is 1. The molecule has 0 fully saturated rings. The van der Waals surface area contributed by atoms with Crippen LogP contribution in [0.15, 0.2) is 18.3 Å². The molecule has 0 aromatic carbocycles. The van der Waals surface area contributed by atoms with Crippen molar-refractivity contribution in [2.45, 2.75) is 6.92 Å². The molecule has 0 aliphatic heterocycles. The zero-order valence-electron chi connectivity index (χ0n) is 9.77. The predicted octanol–water partition coefficient (Wildman–Crippen LogP) is -0.354. The van der Waals surface area contributed by atoms with E-state index in [0.29, 0.717) is 0 Å². The minimum absolute atomic E-state index is 0.146. The molecule has 1 aromatic rings. The third-order valence-corrected chi connectivity index (χ3v) is 2.04. The lowest BCUT2D eigenvalue weighted by molar-refractivity contribution is -0.118. The average molecular weight is 251 g/mol. The van der Waals surface area contributed by atoms with Gasteiger partial charge in [-0.05, 0) is 12.1 Å². The van der Waals surface area contributed by atoms with E-state index in [1.54, 1.807) is 0 Å². The maximum Gasteiger partial charge on any atom is 0.338 e. The number of aromatic carboxylic acids is 1. The summed E-state index contributed by atoms with van der Waals surface area (Å²) in [7, 11) is 0. The zero-order chi connectivity index (χ0) is 13.5. The van der Waals surface area contributed by atoms with Crippen LogP contribution in [-0.4, -0.2) is 41.0 Å². The fourth-order valence-corrected chi connectivity index (χ4v) is 1.26. The quantitative estimate of drug-likeness (QED) is 0.619. The molecule has 1 aromatic heterocycles. The monoisotopic (exact) mass is 251 g/mol. The third kappa shape index (κ3) is 3.85. The summed E-state index contributed by atoms with van der Waals surface area (Å²) in [6, 6.07) is 2.75. The van der Waals surface area contributed by atoms with Crippen LogP contribution in [0, 0.1) is 0 Å². The largest absolute Gasteiger partial charge is 0.478 e. The standard InChI is InChI=1S/C11H13N3O4/c1-7(15)12-5-6-14-10(16)9-8(11(17)18)3-2-4-13-9/h2-4H,5-6H2,1H3,(H,12,15)(H,14,16)(H,17,18). The second-order valence-electron chi connectivity index (χ2n) is 3.44. The van der Waals surface area contributed by atoms with Gasteiger partial charge in [-0.2, -0.15) is 0 Å². The van der Waals surface area contributed by atoms with E-state index in [2.05, 4.69) is 15.6 Å². The van der Waals surface area contributed by atoms with Crippen LogP contribution >= 0.6 is 0 Å². The van der Waals surface area contributed by atoms with Gasteiger partial charge >= 0.3 is 5.97 Å². The van der Waals surface area contributed by atoms with Crippen LogP contribution in [0.2, 0.25) is 0 Å². The third-order valence-electron chi connectivity index (χ3n) is 2.04. The van der Waals surface area contributed by atoms with Crippen LogP contribution in [0.25, 0.3) is 0 Å². The zero-order valence-corrected chi connectivity index (χ0v) is 9.77. The lowest BCUT2D eigenvalue weighted by Crippen LogP contribution is -2.34. The number of rotatable bonds is 5. The number of nitrogens with zero attached hydrogens (tertiary/aromatic N) is 1. The molecule has 96 valence electrons. The highest BCUT2D eigenvalue weighted by molar-refractivity contribution is 6.03. The van der Waals surface area contributed by atoms with E-state index < -0.39 is 11.9 Å². The van der Waals surface area contributed by atoms with Crippen molar-refractivity contribution in [2.24, 2.45) is 0 Å². The fourth-order valence-electron chi connectivity index (χ4n) is 1.26. The fraction of sp³-hybridized carbons (Fsp3) is 0.273. The summed E-state index contributed by atoms with van der Waals surface area (Å²) in [4.78, 5) is 36.9. The number of hydrogen-bond donors (Lipinski definition) is 3. The van der Waals surface area contributed by atoms with Gasteiger partial charge in [-0.25, -0.2) is 4.79 Å². The van der Waals surface area contributed by atoms with E-state index in [9.17, 15) is 14.4 Å². The van der Waals surface area contributed by atoms with Crippen LogP contribution in [0.3, 0.4) is 0 Å². The summed E-state index contributed by atoms with van der Waals surface area (Å²) in [6.07, 6.45) is 1.34. The predicted molar refractivity (Wildman–Crippen MR) is 62.2 cm³/mol. The van der Waals surface area contributed by atoms with Crippen molar-refractivity contribution in [1.82, 2.24) is 15.6 Å². The van der Waals surface area contributed by atoms with E-state index in [1.807, 2.05) is 0 Å². The summed E-state index contributed by atoms with van der Waals surface area (Å²) in [5.41, 5.74) is -0.303. The lowest BCUT2D eigenvalue weighted by Gasteiger charge is -2.06. The Morgan fingerprint density at radius 1 is 1.28 bits per heavy atom. The Balaban J connectivity index is 2.61. The molecule has 0 aliphatic rings. The molecule has 1 heterocycles. The molecule has 0 radical (unpaired) electrons. The van der Waals surface area contributed by atoms with Gasteiger partial charge < -0.3 is 15.7 Å². The molecule has 0 saturated carbocycles. The highest BCUT2D eigenvalue weighted by Gasteiger charge is 2.16. The van der Waals surface area contributed by atoms with E-state index >= 15 is 0 Å². The molecule has 0 unspecified atom stereocenters. The van der Waals surface area contributed by atoms with E-state index in [4.69, 9.17) is 5.11 Å². The number of hydrogen-bond acceptors (Lipinski definition) is 4. The summed E-state index contributed by atoms with van der Waals surface area (Å²) < 4.78 is 0. The Kier molecular flexibility index (Phi) is 4.79. The van der Waals surface area contributed by atoms with Crippen molar-refractivity contribution < 1.29 is 19.5 Å². The first-order valence-corrected chi connectivity index (χ1v) is 5.23. The molecule has 18 heavy (non-hydrogen) atoms. The van der Waals surface area contributed by atoms with E-state index in [1.165, 1.54) is 25.3 Å². The van der Waals surface area contributed by atoms with Crippen molar-refractivity contribution in [2.75, 3.05) is 13.1 Å².